The average molecular weight is 465 g/mol. The summed E-state index contributed by atoms with van der Waals surface area (Å²) < 4.78 is 8.69. The molecular weight excluding hydrogens is 444 g/mol. The number of anilines is 1. The maximum Gasteiger partial charge on any atom is 0.336 e. The summed E-state index contributed by atoms with van der Waals surface area (Å²) in [5.41, 5.74) is 5.79. The molecule has 1 saturated heterocycles. The fraction of sp³-hybridized carbons (Fsp3) is 0.217. The number of nitrogens with two attached hydrogens (primary N) is 1. The van der Waals surface area contributed by atoms with Crippen LogP contribution in [0.2, 0.25) is 0 Å². The van der Waals surface area contributed by atoms with E-state index in [0.29, 0.717) is 41.3 Å². The van der Waals surface area contributed by atoms with Crippen molar-refractivity contribution < 1.29 is 9.53 Å². The second kappa shape index (κ2) is 8.34. The molecule has 2 aromatic carbocycles. The van der Waals surface area contributed by atoms with Crippen molar-refractivity contribution >= 4 is 34.4 Å². The number of para-hydroxylation sites is 1. The van der Waals surface area contributed by atoms with E-state index in [1.54, 1.807) is 24.3 Å². The van der Waals surface area contributed by atoms with Crippen LogP contribution >= 0.6 is 11.6 Å². The lowest BCUT2D eigenvalue weighted by atomic mass is 9.93. The molecule has 0 spiro atoms. The third-order valence-corrected chi connectivity index (χ3v) is 6.17. The molecule has 168 valence electrons. The van der Waals surface area contributed by atoms with Gasteiger partial charge in [-0.3, -0.25) is 13.9 Å². The van der Waals surface area contributed by atoms with Crippen LogP contribution in [-0.4, -0.2) is 43.9 Å². The van der Waals surface area contributed by atoms with E-state index in [1.165, 1.54) is 15.5 Å². The smallest absolute Gasteiger partial charge is 0.336 e. The van der Waals surface area contributed by atoms with Crippen LogP contribution in [0.3, 0.4) is 0 Å². The number of carbonyl (C=O) groups is 1. The van der Waals surface area contributed by atoms with Crippen molar-refractivity contribution in [2.75, 3.05) is 24.7 Å². The summed E-state index contributed by atoms with van der Waals surface area (Å²) in [5.74, 6) is 0.984. The first-order valence-electron chi connectivity index (χ1n) is 10.4. The second-order valence-corrected chi connectivity index (χ2v) is 8.08. The molecule has 5 rings (SSSR count). The lowest BCUT2D eigenvalue weighted by molar-refractivity contribution is -0.124. The lowest BCUT2D eigenvalue weighted by Crippen LogP contribution is -2.49. The van der Waals surface area contributed by atoms with Crippen LogP contribution in [-0.2, 0) is 10.3 Å². The standard InChI is InChI=1S/C23H21ClN6O3/c24-12-18(31)23(10-11-26-13-23)30-21-19(20(25)27-14-28-21)29(22(30)32)15-6-8-17(9-7-15)33-16-4-2-1-3-5-16/h1-9,14,26H,10-13H2,(H2,25,27,28)/t23-/m1/s1. The molecule has 1 atom stereocenters. The molecule has 1 fully saturated rings. The Morgan fingerprint density at radius 2 is 1.85 bits per heavy atom. The number of carbonyl (C=O) groups excluding carboxylic acids is 1. The zero-order valence-corrected chi connectivity index (χ0v) is 18.3. The number of nitrogens with one attached hydrogen (secondary N) is 1. The summed E-state index contributed by atoms with van der Waals surface area (Å²) in [6, 6.07) is 16.4. The van der Waals surface area contributed by atoms with Crippen LogP contribution in [0.5, 0.6) is 11.5 Å². The van der Waals surface area contributed by atoms with Crippen LogP contribution in [0.4, 0.5) is 5.82 Å². The lowest BCUT2D eigenvalue weighted by Gasteiger charge is -2.27. The Labute approximate surface area is 193 Å². The number of rotatable bonds is 6. The average Bonchev–Trinajstić information content (AvgIpc) is 3.44. The third-order valence-electron chi connectivity index (χ3n) is 5.92. The number of nitrogens with zero attached hydrogens (tertiary/aromatic N) is 4. The summed E-state index contributed by atoms with van der Waals surface area (Å²) >= 11 is 5.94. The monoisotopic (exact) mass is 464 g/mol. The third kappa shape index (κ3) is 3.46. The van der Waals surface area contributed by atoms with Crippen molar-refractivity contribution in [3.63, 3.8) is 0 Å². The number of halogens is 1. The summed E-state index contributed by atoms with van der Waals surface area (Å²) in [6.45, 7) is 0.860. The van der Waals surface area contributed by atoms with E-state index in [2.05, 4.69) is 15.3 Å². The predicted octanol–water partition coefficient (Wildman–Crippen LogP) is 2.45. The fourth-order valence-electron chi connectivity index (χ4n) is 4.32. The van der Waals surface area contributed by atoms with Crippen molar-refractivity contribution in [3.8, 4) is 17.2 Å². The first kappa shape index (κ1) is 21.2. The van der Waals surface area contributed by atoms with Crippen LogP contribution in [0, 0.1) is 0 Å². The molecule has 33 heavy (non-hydrogen) atoms. The minimum absolute atomic E-state index is 0.139. The summed E-state index contributed by atoms with van der Waals surface area (Å²) in [4.78, 5) is 35.1. The molecule has 9 nitrogen and oxygen atoms in total. The summed E-state index contributed by atoms with van der Waals surface area (Å²) in [6.07, 6.45) is 1.71. The summed E-state index contributed by atoms with van der Waals surface area (Å²) in [7, 11) is 0. The highest BCUT2D eigenvalue weighted by Crippen LogP contribution is 2.31. The minimum Gasteiger partial charge on any atom is -0.457 e. The maximum atomic E-state index is 13.8. The van der Waals surface area contributed by atoms with E-state index in [4.69, 9.17) is 22.1 Å². The number of ether oxygens (including phenoxy) is 1. The van der Waals surface area contributed by atoms with Gasteiger partial charge in [-0.05, 0) is 49.4 Å². The number of hydrogen-bond acceptors (Lipinski definition) is 7. The Morgan fingerprint density at radius 3 is 2.52 bits per heavy atom. The molecule has 0 radical (unpaired) electrons. The molecule has 4 aromatic rings. The molecular formula is C23H21ClN6O3. The van der Waals surface area contributed by atoms with Gasteiger partial charge in [-0.2, -0.15) is 0 Å². The van der Waals surface area contributed by atoms with Gasteiger partial charge in [0.2, 0.25) is 0 Å². The van der Waals surface area contributed by atoms with Gasteiger partial charge in [0.15, 0.2) is 17.2 Å². The molecule has 3 N–H and O–H groups in total. The number of ketones is 1. The second-order valence-electron chi connectivity index (χ2n) is 7.81. The molecule has 1 aliphatic rings. The number of nitrogen functional groups attached to an aromatic ring is 1. The molecule has 0 saturated carbocycles. The molecule has 0 amide bonds. The van der Waals surface area contributed by atoms with Gasteiger partial charge in [-0.25, -0.2) is 14.8 Å². The highest BCUT2D eigenvalue weighted by molar-refractivity contribution is 6.28. The maximum absolute atomic E-state index is 13.8. The Morgan fingerprint density at radius 1 is 1.12 bits per heavy atom. The number of Topliss-reactive ketones (excluding diaryl/α,β-unsaturated/α-hetero) is 1. The van der Waals surface area contributed by atoms with E-state index in [-0.39, 0.29) is 24.0 Å². The Balaban J connectivity index is 1.66. The highest BCUT2D eigenvalue weighted by atomic mass is 35.5. The molecule has 0 unspecified atom stereocenters. The summed E-state index contributed by atoms with van der Waals surface area (Å²) in [5, 5.41) is 3.17. The molecule has 3 heterocycles. The van der Waals surface area contributed by atoms with Crippen LogP contribution in [0.15, 0.2) is 65.7 Å². The fourth-order valence-corrected chi connectivity index (χ4v) is 4.57. The van der Waals surface area contributed by atoms with Gasteiger partial charge in [0.05, 0.1) is 11.6 Å². The van der Waals surface area contributed by atoms with Crippen LogP contribution < -0.4 is 21.5 Å². The van der Waals surface area contributed by atoms with E-state index in [9.17, 15) is 9.59 Å². The first-order valence-corrected chi connectivity index (χ1v) is 11.0. The normalized spacial score (nSPS) is 18.0. The van der Waals surface area contributed by atoms with Gasteiger partial charge in [0.25, 0.3) is 0 Å². The molecule has 2 aromatic heterocycles. The Kier molecular flexibility index (Phi) is 5.35. The molecule has 0 aliphatic carbocycles. The molecule has 0 bridgehead atoms. The van der Waals surface area contributed by atoms with Gasteiger partial charge in [-0.1, -0.05) is 18.2 Å². The van der Waals surface area contributed by atoms with Gasteiger partial charge in [0.1, 0.15) is 28.9 Å². The van der Waals surface area contributed by atoms with Crippen molar-refractivity contribution in [3.05, 3.63) is 71.4 Å². The Hall–Kier alpha value is -3.69. The predicted molar refractivity (Wildman–Crippen MR) is 125 cm³/mol. The van der Waals surface area contributed by atoms with Crippen molar-refractivity contribution in [2.45, 2.75) is 12.0 Å². The number of imidazole rings is 1. The molecule has 1 aliphatic heterocycles. The van der Waals surface area contributed by atoms with Crippen LogP contribution in [0.1, 0.15) is 6.42 Å². The number of hydrogen-bond donors (Lipinski definition) is 2. The van der Waals surface area contributed by atoms with E-state index in [1.807, 2.05) is 30.3 Å². The zero-order chi connectivity index (χ0) is 23.0. The number of aromatic nitrogens is 4. The van der Waals surface area contributed by atoms with Crippen LogP contribution in [0.25, 0.3) is 16.9 Å². The van der Waals surface area contributed by atoms with E-state index in [0.717, 1.165) is 0 Å². The Bertz CT molecular complexity index is 1380. The topological polar surface area (TPSA) is 117 Å². The van der Waals surface area contributed by atoms with Gasteiger partial charge < -0.3 is 15.8 Å². The van der Waals surface area contributed by atoms with Gasteiger partial charge in [0, 0.05) is 6.54 Å². The van der Waals surface area contributed by atoms with Gasteiger partial charge >= 0.3 is 5.69 Å². The van der Waals surface area contributed by atoms with Crippen molar-refractivity contribution in [2.24, 2.45) is 0 Å². The quantitative estimate of drug-likeness (QED) is 0.421. The van der Waals surface area contributed by atoms with Gasteiger partial charge in [-0.15, -0.1) is 11.6 Å². The number of fused-ring (bicyclic) bond motifs is 1. The van der Waals surface area contributed by atoms with E-state index < -0.39 is 11.2 Å². The first-order chi connectivity index (χ1) is 16.0. The number of alkyl halides is 1. The zero-order valence-electron chi connectivity index (χ0n) is 17.6. The van der Waals surface area contributed by atoms with Crippen molar-refractivity contribution in [1.82, 2.24) is 24.4 Å². The largest absolute Gasteiger partial charge is 0.457 e. The SMILES string of the molecule is Nc1ncnc2c1n(-c1ccc(Oc3ccccc3)cc1)c(=O)n2[C@]1(C(=O)CCl)CCNC1. The highest BCUT2D eigenvalue weighted by Gasteiger charge is 2.45. The molecule has 10 heteroatoms. The minimum atomic E-state index is -1.14. The number of benzene rings is 2. The van der Waals surface area contributed by atoms with E-state index >= 15 is 0 Å². The van der Waals surface area contributed by atoms with Crippen molar-refractivity contribution in [1.29, 1.82) is 0 Å².